The Bertz CT molecular complexity index is 51.8. The van der Waals surface area contributed by atoms with E-state index < -0.39 is 0 Å². The summed E-state index contributed by atoms with van der Waals surface area (Å²) < 4.78 is 0. The summed E-state index contributed by atoms with van der Waals surface area (Å²) >= 11 is 0. The second-order valence-electron chi connectivity index (χ2n) is 2.43. The molecule has 1 rings (SSSR count). The molecular formula is C10H25NV. The maximum absolute atomic E-state index is 3.32. The normalized spacial score (nSPS) is 15.8. The van der Waals surface area contributed by atoms with Gasteiger partial charge in [-0.25, -0.2) is 0 Å². The van der Waals surface area contributed by atoms with Crippen LogP contribution in [0.1, 0.15) is 47.5 Å². The average Bonchev–Trinajstić information content (AvgIpc) is 2.13. The van der Waals surface area contributed by atoms with E-state index >= 15 is 0 Å². The molecule has 1 heterocycles. The van der Waals surface area contributed by atoms with Gasteiger partial charge in [-0.15, -0.1) is 0 Å². The molecule has 0 aromatic heterocycles. The van der Waals surface area contributed by atoms with Crippen LogP contribution in [-0.2, 0) is 18.6 Å². The summed E-state index contributed by atoms with van der Waals surface area (Å²) in [5, 5.41) is 3.32. The fourth-order valence-corrected chi connectivity index (χ4v) is 0.966. The molecule has 0 atom stereocenters. The van der Waals surface area contributed by atoms with E-state index in [0.717, 1.165) is 5.92 Å². The van der Waals surface area contributed by atoms with E-state index in [9.17, 15) is 0 Å². The summed E-state index contributed by atoms with van der Waals surface area (Å²) in [5.74, 6) is 0.973. The van der Waals surface area contributed by atoms with Gasteiger partial charge in [0.15, 0.2) is 0 Å². The zero-order valence-corrected chi connectivity index (χ0v) is 10.7. The van der Waals surface area contributed by atoms with Crippen molar-refractivity contribution in [1.82, 2.24) is 5.32 Å². The largest absolute Gasteiger partial charge is 0.317 e. The van der Waals surface area contributed by atoms with Crippen LogP contribution in [0.25, 0.3) is 0 Å². The monoisotopic (exact) mass is 210 g/mol. The Hall–Kier alpha value is 0.544. The topological polar surface area (TPSA) is 12.0 Å². The summed E-state index contributed by atoms with van der Waals surface area (Å²) in [4.78, 5) is 0. The van der Waals surface area contributed by atoms with E-state index in [-0.39, 0.29) is 18.6 Å². The Balaban J connectivity index is -0.000000144. The molecule has 1 aliphatic rings. The first kappa shape index (κ1) is 18.4. The molecule has 1 radical (unpaired) electrons. The third-order valence-electron chi connectivity index (χ3n) is 1.63. The third kappa shape index (κ3) is 13.2. The van der Waals surface area contributed by atoms with Crippen molar-refractivity contribution in [2.45, 2.75) is 47.5 Å². The molecule has 1 nitrogen and oxygen atoms in total. The molecular weight excluding hydrogens is 185 g/mol. The van der Waals surface area contributed by atoms with Gasteiger partial charge in [0, 0.05) is 18.6 Å². The Morgan fingerprint density at radius 1 is 0.917 bits per heavy atom. The molecule has 0 aromatic carbocycles. The quantitative estimate of drug-likeness (QED) is 0.648. The molecule has 0 bridgehead atoms. The molecule has 0 spiro atoms. The van der Waals surface area contributed by atoms with E-state index in [4.69, 9.17) is 0 Å². The van der Waals surface area contributed by atoms with Crippen molar-refractivity contribution in [1.29, 1.82) is 0 Å². The second-order valence-corrected chi connectivity index (χ2v) is 2.43. The van der Waals surface area contributed by atoms with Crippen LogP contribution in [0.5, 0.6) is 0 Å². The number of hydrogen-bond acceptors (Lipinski definition) is 1. The van der Waals surface area contributed by atoms with Crippen molar-refractivity contribution in [3.05, 3.63) is 0 Å². The predicted molar refractivity (Wildman–Crippen MR) is 54.0 cm³/mol. The van der Waals surface area contributed by atoms with E-state index in [2.05, 4.69) is 12.2 Å². The Kier molecular flexibility index (Phi) is 26.9. The molecule has 1 aliphatic heterocycles. The van der Waals surface area contributed by atoms with Gasteiger partial charge in [-0.05, 0) is 31.8 Å². The van der Waals surface area contributed by atoms with Crippen molar-refractivity contribution in [2.75, 3.05) is 13.1 Å². The zero-order chi connectivity index (χ0) is 9.11. The van der Waals surface area contributed by atoms with Crippen LogP contribution >= 0.6 is 0 Å². The fraction of sp³-hybridized carbons (Fsp3) is 1.00. The molecule has 0 unspecified atom stereocenters. The van der Waals surface area contributed by atoms with E-state index in [1.54, 1.807) is 0 Å². The average molecular weight is 210 g/mol. The van der Waals surface area contributed by atoms with Crippen molar-refractivity contribution in [3.8, 4) is 0 Å². The smallest absolute Gasteiger partial charge is 0 e. The summed E-state index contributed by atoms with van der Waals surface area (Å²) in [6, 6.07) is 0. The van der Waals surface area contributed by atoms with Gasteiger partial charge in [0.1, 0.15) is 0 Å². The van der Waals surface area contributed by atoms with E-state index in [0.29, 0.717) is 0 Å². The Morgan fingerprint density at radius 3 is 1.42 bits per heavy atom. The van der Waals surface area contributed by atoms with Crippen LogP contribution in [0.4, 0.5) is 0 Å². The van der Waals surface area contributed by atoms with Gasteiger partial charge < -0.3 is 5.32 Å². The molecule has 1 fully saturated rings. The number of nitrogens with one attached hydrogen (secondary N) is 1. The molecule has 1 saturated heterocycles. The predicted octanol–water partition coefficient (Wildman–Crippen LogP) is 3.06. The van der Waals surface area contributed by atoms with Crippen LogP contribution in [0.3, 0.4) is 0 Å². The summed E-state index contributed by atoms with van der Waals surface area (Å²) in [6.45, 7) is 12.8. The summed E-state index contributed by atoms with van der Waals surface area (Å²) in [6.07, 6.45) is 2.75. The third-order valence-corrected chi connectivity index (χ3v) is 1.63. The van der Waals surface area contributed by atoms with Crippen LogP contribution in [0, 0.1) is 5.92 Å². The first-order valence-electron chi connectivity index (χ1n) is 5.10. The van der Waals surface area contributed by atoms with Gasteiger partial charge in [0.2, 0.25) is 0 Å². The number of piperidine rings is 1. The van der Waals surface area contributed by atoms with Crippen LogP contribution in [0.2, 0.25) is 0 Å². The second kappa shape index (κ2) is 17.6. The molecule has 75 valence electrons. The van der Waals surface area contributed by atoms with Crippen molar-refractivity contribution >= 4 is 0 Å². The molecule has 2 heteroatoms. The minimum atomic E-state index is 0. The standard InChI is InChI=1S/C6H13N.2C2H6.V/c1-6-2-4-7-5-3-6;2*1-2;/h6-7H,2-5H2,1H3;2*1-2H3;. The van der Waals surface area contributed by atoms with Gasteiger partial charge in [-0.3, -0.25) is 0 Å². The molecule has 1 N–H and O–H groups in total. The summed E-state index contributed by atoms with van der Waals surface area (Å²) in [7, 11) is 0. The van der Waals surface area contributed by atoms with Gasteiger partial charge >= 0.3 is 0 Å². The minimum Gasteiger partial charge on any atom is -0.317 e. The Morgan fingerprint density at radius 2 is 1.25 bits per heavy atom. The van der Waals surface area contributed by atoms with Gasteiger partial charge in [0.05, 0.1) is 0 Å². The van der Waals surface area contributed by atoms with Crippen LogP contribution in [0.15, 0.2) is 0 Å². The molecule has 0 aromatic rings. The first-order valence-corrected chi connectivity index (χ1v) is 5.10. The van der Waals surface area contributed by atoms with Crippen molar-refractivity contribution in [3.63, 3.8) is 0 Å². The van der Waals surface area contributed by atoms with Gasteiger partial charge in [0.25, 0.3) is 0 Å². The fourth-order valence-electron chi connectivity index (χ4n) is 0.966. The minimum absolute atomic E-state index is 0. The number of rotatable bonds is 0. The molecule has 0 amide bonds. The zero-order valence-electron chi connectivity index (χ0n) is 9.35. The van der Waals surface area contributed by atoms with Crippen LogP contribution in [-0.4, -0.2) is 13.1 Å². The number of hydrogen-bond donors (Lipinski definition) is 1. The SMILES string of the molecule is CC.CC.CC1CCNCC1.[V]. The maximum atomic E-state index is 3.32. The van der Waals surface area contributed by atoms with Crippen molar-refractivity contribution < 1.29 is 18.6 Å². The van der Waals surface area contributed by atoms with Gasteiger partial charge in [-0.1, -0.05) is 34.6 Å². The molecule has 0 aliphatic carbocycles. The Labute approximate surface area is 90.6 Å². The van der Waals surface area contributed by atoms with E-state index in [1.807, 2.05) is 27.7 Å². The molecule has 12 heavy (non-hydrogen) atoms. The maximum Gasteiger partial charge on any atom is 0 e. The van der Waals surface area contributed by atoms with E-state index in [1.165, 1.54) is 25.9 Å². The summed E-state index contributed by atoms with van der Waals surface area (Å²) in [5.41, 5.74) is 0. The van der Waals surface area contributed by atoms with Crippen molar-refractivity contribution in [2.24, 2.45) is 5.92 Å². The van der Waals surface area contributed by atoms with Crippen LogP contribution < -0.4 is 5.32 Å². The molecule has 0 saturated carbocycles. The van der Waals surface area contributed by atoms with Gasteiger partial charge in [-0.2, -0.15) is 0 Å². The first-order chi connectivity index (χ1) is 5.39.